The molecule has 0 aliphatic carbocycles. The van der Waals surface area contributed by atoms with Crippen molar-refractivity contribution in [2.24, 2.45) is 5.10 Å². The van der Waals surface area contributed by atoms with Crippen molar-refractivity contribution >= 4 is 6.21 Å². The molecule has 0 heterocycles. The fraction of sp³-hybridized carbons (Fsp3) is 0.857. The van der Waals surface area contributed by atoms with Gasteiger partial charge in [-0.3, -0.25) is 0 Å². The van der Waals surface area contributed by atoms with Crippen LogP contribution in [0.25, 0.3) is 0 Å². The van der Waals surface area contributed by atoms with Gasteiger partial charge in [0.05, 0.1) is 0 Å². The first kappa shape index (κ1) is 9.43. The summed E-state index contributed by atoms with van der Waals surface area (Å²) in [5, 5.41) is 5.88. The van der Waals surface area contributed by atoms with E-state index in [2.05, 4.69) is 24.1 Å². The standard InChI is InChI=1S/C7H17N3/c1-9(2)7-5-6-8-10(3)4/h6H,5,7H2,1-4H3. The van der Waals surface area contributed by atoms with Gasteiger partial charge in [0.2, 0.25) is 0 Å². The molecule has 0 aromatic rings. The Balaban J connectivity index is 3.19. The SMILES string of the molecule is CN(C)CCC=NN(C)C. The second-order valence-corrected chi connectivity index (χ2v) is 2.74. The van der Waals surface area contributed by atoms with Crippen molar-refractivity contribution < 1.29 is 0 Å². The number of hydrazone groups is 1. The number of hydrogen-bond donors (Lipinski definition) is 0. The van der Waals surface area contributed by atoms with Crippen molar-refractivity contribution in [1.82, 2.24) is 9.91 Å². The van der Waals surface area contributed by atoms with Crippen LogP contribution in [-0.2, 0) is 0 Å². The Morgan fingerprint density at radius 2 is 1.80 bits per heavy atom. The van der Waals surface area contributed by atoms with Crippen LogP contribution in [0.5, 0.6) is 0 Å². The molecule has 3 nitrogen and oxygen atoms in total. The van der Waals surface area contributed by atoms with Crippen LogP contribution in [0.4, 0.5) is 0 Å². The smallest absolute Gasteiger partial charge is 0.0257 e. The van der Waals surface area contributed by atoms with Gasteiger partial charge in [0.15, 0.2) is 0 Å². The lowest BCUT2D eigenvalue weighted by molar-refractivity contribution is 0.415. The van der Waals surface area contributed by atoms with Crippen LogP contribution in [0.1, 0.15) is 6.42 Å². The molecule has 0 radical (unpaired) electrons. The Morgan fingerprint density at radius 3 is 2.20 bits per heavy atom. The molecule has 0 bridgehead atoms. The van der Waals surface area contributed by atoms with Crippen molar-refractivity contribution in [1.29, 1.82) is 0 Å². The fourth-order valence-electron chi connectivity index (χ4n) is 0.537. The second kappa shape index (κ2) is 5.23. The van der Waals surface area contributed by atoms with E-state index >= 15 is 0 Å². The van der Waals surface area contributed by atoms with Gasteiger partial charge in [0.25, 0.3) is 0 Å². The number of nitrogens with zero attached hydrogens (tertiary/aromatic N) is 3. The minimum atomic E-state index is 1.02. The molecule has 60 valence electrons. The lowest BCUT2D eigenvalue weighted by Gasteiger charge is -2.06. The maximum atomic E-state index is 4.08. The average Bonchev–Trinajstić information content (AvgIpc) is 1.79. The van der Waals surface area contributed by atoms with Gasteiger partial charge in [-0.05, 0) is 20.5 Å². The van der Waals surface area contributed by atoms with Crippen LogP contribution in [-0.4, -0.2) is 50.9 Å². The minimum absolute atomic E-state index is 1.02. The first-order valence-electron chi connectivity index (χ1n) is 3.47. The highest BCUT2D eigenvalue weighted by atomic mass is 15.4. The van der Waals surface area contributed by atoms with Crippen LogP contribution in [0.3, 0.4) is 0 Å². The van der Waals surface area contributed by atoms with Crippen LogP contribution < -0.4 is 0 Å². The first-order chi connectivity index (χ1) is 4.63. The molecule has 0 fully saturated rings. The third-order valence-electron chi connectivity index (χ3n) is 1.02. The van der Waals surface area contributed by atoms with E-state index in [1.807, 2.05) is 20.3 Å². The first-order valence-corrected chi connectivity index (χ1v) is 3.47. The zero-order chi connectivity index (χ0) is 7.98. The Morgan fingerprint density at radius 1 is 1.20 bits per heavy atom. The zero-order valence-electron chi connectivity index (χ0n) is 7.33. The van der Waals surface area contributed by atoms with Gasteiger partial charge in [-0.1, -0.05) is 0 Å². The van der Waals surface area contributed by atoms with Crippen LogP contribution >= 0.6 is 0 Å². The normalized spacial score (nSPS) is 11.3. The summed E-state index contributed by atoms with van der Waals surface area (Å²) in [5.41, 5.74) is 0. The maximum absolute atomic E-state index is 4.08. The Labute approximate surface area is 63.3 Å². The highest BCUT2D eigenvalue weighted by molar-refractivity contribution is 5.56. The van der Waals surface area contributed by atoms with Crippen LogP contribution in [0, 0.1) is 0 Å². The van der Waals surface area contributed by atoms with E-state index in [9.17, 15) is 0 Å². The fourth-order valence-corrected chi connectivity index (χ4v) is 0.537. The minimum Gasteiger partial charge on any atom is -0.309 e. The van der Waals surface area contributed by atoms with E-state index in [0.717, 1.165) is 13.0 Å². The summed E-state index contributed by atoms with van der Waals surface area (Å²) in [4.78, 5) is 2.14. The van der Waals surface area contributed by atoms with Gasteiger partial charge in [0.1, 0.15) is 0 Å². The molecule has 0 saturated heterocycles. The van der Waals surface area contributed by atoms with Gasteiger partial charge in [0, 0.05) is 26.9 Å². The molecule has 0 aromatic carbocycles. The predicted octanol–water partition coefficient (Wildman–Crippen LogP) is 0.485. The molecule has 0 aliphatic rings. The summed E-state index contributed by atoms with van der Waals surface area (Å²) in [6, 6.07) is 0. The monoisotopic (exact) mass is 143 g/mol. The highest BCUT2D eigenvalue weighted by Gasteiger charge is 1.85. The van der Waals surface area contributed by atoms with Gasteiger partial charge in [-0.15, -0.1) is 0 Å². The van der Waals surface area contributed by atoms with Gasteiger partial charge < -0.3 is 9.91 Å². The molecule has 0 rings (SSSR count). The van der Waals surface area contributed by atoms with Crippen molar-refractivity contribution in [3.8, 4) is 0 Å². The van der Waals surface area contributed by atoms with Gasteiger partial charge >= 0.3 is 0 Å². The van der Waals surface area contributed by atoms with Crippen LogP contribution in [0.2, 0.25) is 0 Å². The van der Waals surface area contributed by atoms with Crippen molar-refractivity contribution in [2.75, 3.05) is 34.7 Å². The molecular formula is C7H17N3. The molecule has 0 unspecified atom stereocenters. The van der Waals surface area contributed by atoms with Crippen molar-refractivity contribution in [3.63, 3.8) is 0 Å². The quantitative estimate of drug-likeness (QED) is 0.421. The molecule has 0 amide bonds. The molecule has 0 aliphatic heterocycles. The summed E-state index contributed by atoms with van der Waals surface area (Å²) in [7, 11) is 7.96. The average molecular weight is 143 g/mol. The number of hydrogen-bond acceptors (Lipinski definition) is 3. The molecule has 0 aromatic heterocycles. The summed E-state index contributed by atoms with van der Waals surface area (Å²) in [6.07, 6.45) is 2.95. The second-order valence-electron chi connectivity index (χ2n) is 2.74. The van der Waals surface area contributed by atoms with E-state index in [4.69, 9.17) is 0 Å². The van der Waals surface area contributed by atoms with E-state index in [0.29, 0.717) is 0 Å². The number of rotatable bonds is 4. The highest BCUT2D eigenvalue weighted by Crippen LogP contribution is 1.80. The summed E-state index contributed by atoms with van der Waals surface area (Å²) < 4.78 is 0. The molecule has 0 saturated carbocycles. The molecule has 0 atom stereocenters. The Kier molecular flexibility index (Phi) is 4.94. The molecule has 3 heteroatoms. The van der Waals surface area contributed by atoms with E-state index in [1.165, 1.54) is 0 Å². The Hall–Kier alpha value is -0.570. The van der Waals surface area contributed by atoms with E-state index in [1.54, 1.807) is 5.01 Å². The van der Waals surface area contributed by atoms with Gasteiger partial charge in [-0.25, -0.2) is 0 Å². The zero-order valence-corrected chi connectivity index (χ0v) is 7.33. The lowest BCUT2D eigenvalue weighted by atomic mass is 10.4. The molecule has 0 N–H and O–H groups in total. The summed E-state index contributed by atoms with van der Waals surface area (Å²) in [6.45, 7) is 1.07. The largest absolute Gasteiger partial charge is 0.309 e. The summed E-state index contributed by atoms with van der Waals surface area (Å²) in [5.74, 6) is 0. The molecule has 0 spiro atoms. The Bertz CT molecular complexity index is 97.0. The third kappa shape index (κ3) is 7.43. The van der Waals surface area contributed by atoms with E-state index < -0.39 is 0 Å². The molecule has 10 heavy (non-hydrogen) atoms. The lowest BCUT2D eigenvalue weighted by Crippen LogP contribution is -2.13. The van der Waals surface area contributed by atoms with Crippen LogP contribution in [0.15, 0.2) is 5.10 Å². The topological polar surface area (TPSA) is 18.8 Å². The third-order valence-corrected chi connectivity index (χ3v) is 1.02. The van der Waals surface area contributed by atoms with E-state index in [-0.39, 0.29) is 0 Å². The van der Waals surface area contributed by atoms with Crippen molar-refractivity contribution in [2.45, 2.75) is 6.42 Å². The maximum Gasteiger partial charge on any atom is 0.0257 e. The van der Waals surface area contributed by atoms with Gasteiger partial charge in [-0.2, -0.15) is 5.10 Å². The van der Waals surface area contributed by atoms with Crippen molar-refractivity contribution in [3.05, 3.63) is 0 Å². The molecular weight excluding hydrogens is 126 g/mol. The summed E-state index contributed by atoms with van der Waals surface area (Å²) >= 11 is 0. The predicted molar refractivity (Wildman–Crippen MR) is 45.4 cm³/mol.